The van der Waals surface area contributed by atoms with Crippen molar-refractivity contribution in [2.45, 2.75) is 45.6 Å². The largest absolute Gasteiger partial charge is 0.335 e. The Morgan fingerprint density at radius 3 is 2.29 bits per heavy atom. The van der Waals surface area contributed by atoms with Crippen molar-refractivity contribution < 1.29 is 4.79 Å². The fraction of sp³-hybridized carbons (Fsp3) is 0.500. The summed E-state index contributed by atoms with van der Waals surface area (Å²) in [6, 6.07) is 6.35. The van der Waals surface area contributed by atoms with E-state index in [0.717, 1.165) is 18.5 Å². The van der Waals surface area contributed by atoms with Gasteiger partial charge in [-0.1, -0.05) is 18.9 Å². The molecule has 1 aromatic rings. The fourth-order valence-electron chi connectivity index (χ4n) is 2.47. The number of rotatable bonds is 2. The number of benzene rings is 1. The van der Waals surface area contributed by atoms with Crippen LogP contribution in [-0.2, 0) is 0 Å². The van der Waals surface area contributed by atoms with Gasteiger partial charge in [0.25, 0.3) is 0 Å². The minimum Gasteiger partial charge on any atom is -0.335 e. The van der Waals surface area contributed by atoms with Crippen LogP contribution >= 0.6 is 0 Å². The van der Waals surface area contributed by atoms with Crippen LogP contribution in [0.4, 0.5) is 10.5 Å². The van der Waals surface area contributed by atoms with Crippen molar-refractivity contribution in [3.05, 3.63) is 29.3 Å². The molecule has 2 amide bonds. The third-order valence-electron chi connectivity index (χ3n) is 3.17. The summed E-state index contributed by atoms with van der Waals surface area (Å²) in [5.41, 5.74) is 3.21. The summed E-state index contributed by atoms with van der Waals surface area (Å²) in [7, 11) is 0. The smallest absolute Gasteiger partial charge is 0.319 e. The van der Waals surface area contributed by atoms with Crippen LogP contribution in [0.1, 0.15) is 36.8 Å². The van der Waals surface area contributed by atoms with Gasteiger partial charge in [-0.3, -0.25) is 0 Å². The maximum atomic E-state index is 11.8. The second-order valence-electron chi connectivity index (χ2n) is 4.96. The molecule has 1 aliphatic rings. The van der Waals surface area contributed by atoms with Gasteiger partial charge >= 0.3 is 6.03 Å². The van der Waals surface area contributed by atoms with Crippen LogP contribution in [-0.4, -0.2) is 12.1 Å². The molecule has 2 rings (SSSR count). The van der Waals surface area contributed by atoms with E-state index in [1.54, 1.807) is 0 Å². The summed E-state index contributed by atoms with van der Waals surface area (Å²) in [5.74, 6) is 0. The topological polar surface area (TPSA) is 41.1 Å². The van der Waals surface area contributed by atoms with E-state index < -0.39 is 0 Å². The van der Waals surface area contributed by atoms with Crippen LogP contribution in [0, 0.1) is 13.8 Å². The standard InChI is InChI=1S/C14H20N2O/c1-10-7-11(2)9-13(8-10)16-14(17)15-12-5-3-4-6-12/h7-9,12H,3-6H2,1-2H3,(H2,15,16,17). The van der Waals surface area contributed by atoms with Crippen LogP contribution in [0.15, 0.2) is 18.2 Å². The average Bonchev–Trinajstić information content (AvgIpc) is 2.67. The van der Waals surface area contributed by atoms with E-state index in [1.807, 2.05) is 26.0 Å². The van der Waals surface area contributed by atoms with E-state index in [-0.39, 0.29) is 6.03 Å². The highest BCUT2D eigenvalue weighted by Crippen LogP contribution is 2.18. The molecule has 0 unspecified atom stereocenters. The van der Waals surface area contributed by atoms with E-state index in [9.17, 15) is 4.79 Å². The zero-order valence-corrected chi connectivity index (χ0v) is 10.5. The average molecular weight is 232 g/mol. The molecule has 1 saturated carbocycles. The van der Waals surface area contributed by atoms with Gasteiger partial charge in [-0.2, -0.15) is 0 Å². The molecule has 1 aromatic carbocycles. The SMILES string of the molecule is Cc1cc(C)cc(NC(=O)NC2CCCC2)c1. The lowest BCUT2D eigenvalue weighted by Crippen LogP contribution is -2.36. The molecular weight excluding hydrogens is 212 g/mol. The Bertz CT molecular complexity index is 388. The molecule has 92 valence electrons. The zero-order valence-electron chi connectivity index (χ0n) is 10.5. The van der Waals surface area contributed by atoms with Crippen LogP contribution in [0.2, 0.25) is 0 Å². The highest BCUT2D eigenvalue weighted by Gasteiger charge is 2.16. The van der Waals surface area contributed by atoms with Gasteiger partial charge in [0.1, 0.15) is 0 Å². The maximum absolute atomic E-state index is 11.8. The molecule has 17 heavy (non-hydrogen) atoms. The van der Waals surface area contributed by atoms with Gasteiger partial charge in [-0.15, -0.1) is 0 Å². The van der Waals surface area contributed by atoms with Crippen LogP contribution < -0.4 is 10.6 Å². The molecular formula is C14H20N2O. The van der Waals surface area contributed by atoms with E-state index in [2.05, 4.69) is 16.7 Å². The molecule has 3 heteroatoms. The molecule has 0 atom stereocenters. The van der Waals surface area contributed by atoms with Crippen molar-refractivity contribution in [3.8, 4) is 0 Å². The Balaban J connectivity index is 1.92. The van der Waals surface area contributed by atoms with Gasteiger partial charge in [0.15, 0.2) is 0 Å². The lowest BCUT2D eigenvalue weighted by Gasteiger charge is -2.13. The summed E-state index contributed by atoms with van der Waals surface area (Å²) in [6.45, 7) is 4.07. The van der Waals surface area contributed by atoms with Crippen molar-refractivity contribution >= 4 is 11.7 Å². The van der Waals surface area contributed by atoms with Gasteiger partial charge in [0, 0.05) is 11.7 Å². The molecule has 0 aliphatic heterocycles. The third kappa shape index (κ3) is 3.48. The Labute approximate surface area is 103 Å². The first-order valence-corrected chi connectivity index (χ1v) is 6.29. The van der Waals surface area contributed by atoms with Crippen molar-refractivity contribution in [2.24, 2.45) is 0 Å². The number of aryl methyl sites for hydroxylation is 2. The Morgan fingerprint density at radius 2 is 1.71 bits per heavy atom. The third-order valence-corrected chi connectivity index (χ3v) is 3.17. The molecule has 0 saturated heterocycles. The highest BCUT2D eigenvalue weighted by atomic mass is 16.2. The van der Waals surface area contributed by atoms with Crippen LogP contribution in [0.5, 0.6) is 0 Å². The number of hydrogen-bond acceptors (Lipinski definition) is 1. The molecule has 0 heterocycles. The predicted molar refractivity (Wildman–Crippen MR) is 70.3 cm³/mol. The van der Waals surface area contributed by atoms with Crippen molar-refractivity contribution in [3.63, 3.8) is 0 Å². The first kappa shape index (κ1) is 12.0. The Hall–Kier alpha value is -1.51. The van der Waals surface area contributed by atoms with E-state index in [4.69, 9.17) is 0 Å². The summed E-state index contributed by atoms with van der Waals surface area (Å²) in [6.07, 6.45) is 4.68. The molecule has 0 bridgehead atoms. The fourth-order valence-corrected chi connectivity index (χ4v) is 2.47. The Kier molecular flexibility index (Phi) is 3.67. The monoisotopic (exact) mass is 232 g/mol. The van der Waals surface area contributed by atoms with E-state index in [1.165, 1.54) is 24.0 Å². The summed E-state index contributed by atoms with van der Waals surface area (Å²) < 4.78 is 0. The highest BCUT2D eigenvalue weighted by molar-refractivity contribution is 5.89. The number of amides is 2. The molecule has 1 fully saturated rings. The van der Waals surface area contributed by atoms with Crippen LogP contribution in [0.25, 0.3) is 0 Å². The molecule has 1 aliphatic carbocycles. The first-order valence-electron chi connectivity index (χ1n) is 6.29. The summed E-state index contributed by atoms with van der Waals surface area (Å²) in [4.78, 5) is 11.8. The first-order chi connectivity index (χ1) is 8.13. The molecule has 0 spiro atoms. The number of urea groups is 1. The lowest BCUT2D eigenvalue weighted by molar-refractivity contribution is 0.248. The minimum atomic E-state index is -0.0816. The minimum absolute atomic E-state index is 0.0816. The van der Waals surface area contributed by atoms with E-state index >= 15 is 0 Å². The lowest BCUT2D eigenvalue weighted by atomic mass is 10.1. The van der Waals surface area contributed by atoms with Gasteiger partial charge in [0.2, 0.25) is 0 Å². The van der Waals surface area contributed by atoms with Gasteiger partial charge in [-0.05, 0) is 49.9 Å². The quantitative estimate of drug-likeness (QED) is 0.806. The van der Waals surface area contributed by atoms with Gasteiger partial charge < -0.3 is 10.6 Å². The van der Waals surface area contributed by atoms with Crippen LogP contribution in [0.3, 0.4) is 0 Å². The Morgan fingerprint density at radius 1 is 1.12 bits per heavy atom. The molecule has 0 radical (unpaired) electrons. The zero-order chi connectivity index (χ0) is 12.3. The number of carbonyl (C=O) groups is 1. The predicted octanol–water partition coefficient (Wildman–Crippen LogP) is 3.37. The summed E-state index contributed by atoms with van der Waals surface area (Å²) in [5, 5.41) is 5.92. The van der Waals surface area contributed by atoms with Crippen molar-refractivity contribution in [1.82, 2.24) is 5.32 Å². The van der Waals surface area contributed by atoms with Gasteiger partial charge in [-0.25, -0.2) is 4.79 Å². The van der Waals surface area contributed by atoms with Gasteiger partial charge in [0.05, 0.1) is 0 Å². The second-order valence-corrected chi connectivity index (χ2v) is 4.96. The normalized spacial score (nSPS) is 15.9. The molecule has 2 N–H and O–H groups in total. The maximum Gasteiger partial charge on any atom is 0.319 e. The van der Waals surface area contributed by atoms with E-state index in [0.29, 0.717) is 6.04 Å². The molecule has 3 nitrogen and oxygen atoms in total. The number of carbonyl (C=O) groups excluding carboxylic acids is 1. The summed E-state index contributed by atoms with van der Waals surface area (Å²) >= 11 is 0. The number of nitrogens with one attached hydrogen (secondary N) is 2. The number of hydrogen-bond donors (Lipinski definition) is 2. The second kappa shape index (κ2) is 5.21. The van der Waals surface area contributed by atoms with Crippen molar-refractivity contribution in [1.29, 1.82) is 0 Å². The van der Waals surface area contributed by atoms with Crippen molar-refractivity contribution in [2.75, 3.05) is 5.32 Å². The molecule has 0 aromatic heterocycles. The number of anilines is 1.